The third-order valence-corrected chi connectivity index (χ3v) is 11.4. The Morgan fingerprint density at radius 2 is 0.580 bits per heavy atom. The topological polar surface area (TPSA) is 78.9 Å². The van der Waals surface area contributed by atoms with E-state index in [2.05, 4.69) is 142 Å². The number of hydrogen-bond donors (Lipinski definition) is 0. The second-order valence-electron chi connectivity index (χ2n) is 18.1. The van der Waals surface area contributed by atoms with Crippen LogP contribution in [0, 0.1) is 0 Å². The minimum Gasteiger partial charge on any atom is -0.462 e. The van der Waals surface area contributed by atoms with Crippen molar-refractivity contribution in [3.63, 3.8) is 0 Å². The van der Waals surface area contributed by atoms with E-state index in [4.69, 9.17) is 14.2 Å². The van der Waals surface area contributed by atoms with Crippen molar-refractivity contribution in [2.24, 2.45) is 0 Å². The van der Waals surface area contributed by atoms with Gasteiger partial charge in [-0.1, -0.05) is 213 Å². The van der Waals surface area contributed by atoms with E-state index in [1.54, 1.807) is 0 Å². The van der Waals surface area contributed by atoms with Crippen molar-refractivity contribution >= 4 is 17.9 Å². The highest BCUT2D eigenvalue weighted by Crippen LogP contribution is 2.13. The van der Waals surface area contributed by atoms with E-state index in [1.807, 2.05) is 0 Å². The lowest BCUT2D eigenvalue weighted by molar-refractivity contribution is -0.167. The fourth-order valence-electron chi connectivity index (χ4n) is 7.22. The highest BCUT2D eigenvalue weighted by Gasteiger charge is 2.19. The summed E-state index contributed by atoms with van der Waals surface area (Å²) < 4.78 is 16.8. The third kappa shape index (κ3) is 54.6. The molecule has 0 heterocycles. The molecule has 0 saturated carbocycles. The zero-order chi connectivity index (χ0) is 50.0. The van der Waals surface area contributed by atoms with Crippen LogP contribution in [0.1, 0.15) is 239 Å². The maximum absolute atomic E-state index is 12.8. The molecule has 0 fully saturated rings. The molecule has 0 aromatic heterocycles. The van der Waals surface area contributed by atoms with Gasteiger partial charge in [-0.25, -0.2) is 0 Å². The second kappa shape index (κ2) is 56.4. The van der Waals surface area contributed by atoms with Crippen LogP contribution in [0.4, 0.5) is 0 Å². The van der Waals surface area contributed by atoms with Gasteiger partial charge in [-0.3, -0.25) is 14.4 Å². The first kappa shape index (κ1) is 64.8. The molecule has 0 amide bonds. The van der Waals surface area contributed by atoms with Crippen LogP contribution in [0.25, 0.3) is 0 Å². The molecule has 0 bridgehead atoms. The van der Waals surface area contributed by atoms with E-state index in [0.29, 0.717) is 19.3 Å². The molecule has 0 N–H and O–H groups in total. The van der Waals surface area contributed by atoms with Gasteiger partial charge in [0.15, 0.2) is 6.10 Å². The summed E-state index contributed by atoms with van der Waals surface area (Å²) in [4.78, 5) is 38.1. The summed E-state index contributed by atoms with van der Waals surface area (Å²) >= 11 is 0. The summed E-state index contributed by atoms with van der Waals surface area (Å²) in [5.74, 6) is -1.00. The first-order valence-electron chi connectivity index (χ1n) is 28.0. The smallest absolute Gasteiger partial charge is 0.306 e. The lowest BCUT2D eigenvalue weighted by Crippen LogP contribution is -2.30. The Labute approximate surface area is 424 Å². The summed E-state index contributed by atoms with van der Waals surface area (Å²) in [6.07, 6.45) is 77.5. The van der Waals surface area contributed by atoms with Crippen LogP contribution in [0.2, 0.25) is 0 Å². The van der Waals surface area contributed by atoms with E-state index < -0.39 is 6.10 Å². The minimum absolute atomic E-state index is 0.115. The fourth-order valence-corrected chi connectivity index (χ4v) is 7.22. The summed E-state index contributed by atoms with van der Waals surface area (Å²) in [7, 11) is 0. The number of ether oxygens (including phenoxy) is 3. The molecule has 0 aromatic carbocycles. The summed E-state index contributed by atoms with van der Waals surface area (Å²) in [5, 5.41) is 0. The van der Waals surface area contributed by atoms with E-state index in [0.717, 1.165) is 128 Å². The van der Waals surface area contributed by atoms with E-state index in [-0.39, 0.29) is 37.5 Å². The van der Waals surface area contributed by atoms with Gasteiger partial charge in [0.25, 0.3) is 0 Å². The van der Waals surface area contributed by atoms with Crippen molar-refractivity contribution in [3.8, 4) is 0 Å². The number of rotatable bonds is 49. The molecule has 0 rings (SSSR count). The average molecular weight is 956 g/mol. The van der Waals surface area contributed by atoms with Gasteiger partial charge in [0.05, 0.1) is 0 Å². The Morgan fingerprint density at radius 1 is 0.304 bits per heavy atom. The molecule has 0 aliphatic heterocycles. The predicted octanol–water partition coefficient (Wildman–Crippen LogP) is 18.9. The first-order valence-corrected chi connectivity index (χ1v) is 28.0. The van der Waals surface area contributed by atoms with Crippen LogP contribution in [-0.4, -0.2) is 37.2 Å². The molecular formula is C63H102O6. The van der Waals surface area contributed by atoms with Crippen molar-refractivity contribution in [3.05, 3.63) is 122 Å². The van der Waals surface area contributed by atoms with Gasteiger partial charge in [0.1, 0.15) is 13.2 Å². The molecule has 0 unspecified atom stereocenters. The molecule has 390 valence electrons. The zero-order valence-electron chi connectivity index (χ0n) is 44.5. The summed E-state index contributed by atoms with van der Waals surface area (Å²) in [6.45, 7) is 6.39. The number of carbonyl (C=O) groups is 3. The molecule has 6 nitrogen and oxygen atoms in total. The second-order valence-corrected chi connectivity index (χ2v) is 18.1. The lowest BCUT2D eigenvalue weighted by atomic mass is 10.1. The van der Waals surface area contributed by atoms with Crippen LogP contribution in [0.3, 0.4) is 0 Å². The van der Waals surface area contributed by atoms with Gasteiger partial charge in [-0.2, -0.15) is 0 Å². The van der Waals surface area contributed by atoms with Gasteiger partial charge in [-0.05, 0) is 128 Å². The normalized spacial score (nSPS) is 13.0. The van der Waals surface area contributed by atoms with Gasteiger partial charge < -0.3 is 14.2 Å². The Hall–Kier alpha value is -4.19. The van der Waals surface area contributed by atoms with Crippen molar-refractivity contribution in [1.82, 2.24) is 0 Å². The molecule has 0 aliphatic carbocycles. The standard InChI is InChI=1S/C63H102O6/c1-4-7-10-13-16-19-22-25-28-30-31-33-35-38-41-44-47-50-53-56-62(65)68-59-60(58-67-61(64)55-52-49-46-43-40-37-34-27-24-21-18-15-12-9-6-3)69-63(66)57-54-51-48-45-42-39-36-32-29-26-23-20-17-14-11-8-5-2/h8,11,16-21,25-29,31,33-34,36,39,45,48,60H,4-7,9-10,12-15,22-24,30,32,35,37-38,40-44,46-47,49-59H2,1-3H3/b11-8-,19-16-,20-17-,21-18-,28-25-,29-26-,33-31-,34-27-,39-36-,48-45-/t60-/m1/s1. The van der Waals surface area contributed by atoms with Crippen molar-refractivity contribution in [2.75, 3.05) is 13.2 Å². The van der Waals surface area contributed by atoms with Crippen LogP contribution < -0.4 is 0 Å². The number of allylic oxidation sites excluding steroid dienone is 20. The van der Waals surface area contributed by atoms with E-state index in [9.17, 15) is 14.4 Å². The number of carbonyl (C=O) groups excluding carboxylic acids is 3. The summed E-state index contributed by atoms with van der Waals surface area (Å²) in [6, 6.07) is 0. The van der Waals surface area contributed by atoms with Crippen LogP contribution in [0.5, 0.6) is 0 Å². The minimum atomic E-state index is -0.823. The molecule has 0 radical (unpaired) electrons. The van der Waals surface area contributed by atoms with Gasteiger partial charge in [0.2, 0.25) is 0 Å². The molecule has 6 heteroatoms. The fraction of sp³-hybridized carbons (Fsp3) is 0.635. The monoisotopic (exact) mass is 955 g/mol. The summed E-state index contributed by atoms with van der Waals surface area (Å²) in [5.41, 5.74) is 0. The van der Waals surface area contributed by atoms with E-state index in [1.165, 1.54) is 64.2 Å². The Bertz CT molecular complexity index is 1470. The van der Waals surface area contributed by atoms with Gasteiger partial charge in [0, 0.05) is 19.3 Å². The van der Waals surface area contributed by atoms with Crippen molar-refractivity contribution in [2.45, 2.75) is 245 Å². The number of unbranched alkanes of at least 4 members (excludes halogenated alkanes) is 18. The third-order valence-electron chi connectivity index (χ3n) is 11.4. The molecular weight excluding hydrogens is 853 g/mol. The van der Waals surface area contributed by atoms with Gasteiger partial charge in [-0.15, -0.1) is 0 Å². The van der Waals surface area contributed by atoms with Gasteiger partial charge >= 0.3 is 17.9 Å². The van der Waals surface area contributed by atoms with Crippen molar-refractivity contribution < 1.29 is 28.6 Å². The molecule has 0 aliphatic rings. The Balaban J connectivity index is 4.54. The Kier molecular flexibility index (Phi) is 53.0. The van der Waals surface area contributed by atoms with Crippen molar-refractivity contribution in [1.29, 1.82) is 0 Å². The largest absolute Gasteiger partial charge is 0.462 e. The first-order chi connectivity index (χ1) is 34.0. The molecule has 0 aromatic rings. The predicted molar refractivity (Wildman–Crippen MR) is 297 cm³/mol. The van der Waals surface area contributed by atoms with Crippen LogP contribution >= 0.6 is 0 Å². The van der Waals surface area contributed by atoms with Crippen LogP contribution in [0.15, 0.2) is 122 Å². The number of hydrogen-bond acceptors (Lipinski definition) is 6. The molecule has 1 atom stereocenters. The zero-order valence-corrected chi connectivity index (χ0v) is 44.5. The van der Waals surface area contributed by atoms with E-state index >= 15 is 0 Å². The highest BCUT2D eigenvalue weighted by molar-refractivity contribution is 5.71. The SMILES string of the molecule is CC/C=C\C/C=C\C/C=C\C/C=C\C/C=C\CCCC(=O)O[C@H](COC(=O)CCCCCCC/C=C\C/C=C\CCCCC)COC(=O)CCCCCCCC/C=C\C/C=C\C/C=C\CCCCC. The highest BCUT2D eigenvalue weighted by atomic mass is 16.6. The molecule has 0 saturated heterocycles. The maximum Gasteiger partial charge on any atom is 0.306 e. The molecule has 0 spiro atoms. The molecule has 69 heavy (non-hydrogen) atoms. The maximum atomic E-state index is 12.8. The average Bonchev–Trinajstić information content (AvgIpc) is 3.35. The van der Waals surface area contributed by atoms with Crippen LogP contribution in [-0.2, 0) is 28.6 Å². The quantitative estimate of drug-likeness (QED) is 0.0262. The Morgan fingerprint density at radius 3 is 0.928 bits per heavy atom. The lowest BCUT2D eigenvalue weighted by Gasteiger charge is -2.18. The number of esters is 3.